The standard InChI is InChI=1S/C9H16O.C5H11NO/c10-7-8-2-1-3-9(6-8)4-5-9;1-3-4-5(7)6-2/h8,10H,1-7H2;3-4H2,1-2H3,(H,6,7). The highest BCUT2D eigenvalue weighted by Crippen LogP contribution is 2.57. The summed E-state index contributed by atoms with van der Waals surface area (Å²) in [6, 6.07) is 0. The molecule has 0 saturated heterocycles. The van der Waals surface area contributed by atoms with Crippen molar-refractivity contribution in [1.82, 2.24) is 5.32 Å². The summed E-state index contributed by atoms with van der Waals surface area (Å²) in [6.45, 7) is 2.41. The fraction of sp³-hybridized carbons (Fsp3) is 0.929. The molecule has 2 aliphatic carbocycles. The third-order valence-corrected chi connectivity index (χ3v) is 4.01. The summed E-state index contributed by atoms with van der Waals surface area (Å²) in [5.41, 5.74) is 0.742. The van der Waals surface area contributed by atoms with Crippen LogP contribution in [-0.2, 0) is 4.79 Å². The van der Waals surface area contributed by atoms with Crippen LogP contribution < -0.4 is 5.32 Å². The molecule has 0 radical (unpaired) electrons. The molecular formula is C14H27NO2. The number of hydrogen-bond donors (Lipinski definition) is 2. The zero-order valence-electron chi connectivity index (χ0n) is 11.3. The molecule has 0 bridgehead atoms. The smallest absolute Gasteiger partial charge is 0.219 e. The molecule has 0 aromatic carbocycles. The van der Waals surface area contributed by atoms with Crippen LogP contribution in [0.1, 0.15) is 58.3 Å². The van der Waals surface area contributed by atoms with Gasteiger partial charge < -0.3 is 10.4 Å². The Kier molecular flexibility index (Phi) is 5.96. The number of aliphatic hydroxyl groups excluding tert-OH is 1. The predicted octanol–water partition coefficient (Wildman–Crippen LogP) is 2.48. The SMILES string of the molecule is CCCC(=O)NC.OCC1CCCC2(CC2)C1. The average Bonchev–Trinajstić information content (AvgIpc) is 3.09. The van der Waals surface area contributed by atoms with Gasteiger partial charge in [-0.2, -0.15) is 0 Å². The van der Waals surface area contributed by atoms with Crippen molar-refractivity contribution in [3.05, 3.63) is 0 Å². The lowest BCUT2D eigenvalue weighted by Gasteiger charge is -2.27. The predicted molar refractivity (Wildman–Crippen MR) is 69.7 cm³/mol. The zero-order chi connectivity index (χ0) is 12.7. The van der Waals surface area contributed by atoms with E-state index in [-0.39, 0.29) is 5.91 Å². The van der Waals surface area contributed by atoms with E-state index in [2.05, 4.69) is 5.32 Å². The van der Waals surface area contributed by atoms with Crippen LogP contribution in [0.2, 0.25) is 0 Å². The Bertz CT molecular complexity index is 236. The molecule has 100 valence electrons. The second kappa shape index (κ2) is 7.00. The van der Waals surface area contributed by atoms with Gasteiger partial charge in [0.15, 0.2) is 0 Å². The summed E-state index contributed by atoms with van der Waals surface area (Å²) in [7, 11) is 1.65. The monoisotopic (exact) mass is 241 g/mol. The molecule has 0 heterocycles. The fourth-order valence-corrected chi connectivity index (χ4v) is 2.72. The second-order valence-corrected chi connectivity index (χ2v) is 5.57. The van der Waals surface area contributed by atoms with Gasteiger partial charge in [-0.1, -0.05) is 13.3 Å². The normalized spacial score (nSPS) is 24.8. The Hall–Kier alpha value is -0.570. The van der Waals surface area contributed by atoms with Crippen molar-refractivity contribution in [1.29, 1.82) is 0 Å². The van der Waals surface area contributed by atoms with Crippen LogP contribution in [0, 0.1) is 11.3 Å². The molecule has 1 unspecified atom stereocenters. The van der Waals surface area contributed by atoms with Gasteiger partial charge in [0.05, 0.1) is 0 Å². The van der Waals surface area contributed by atoms with E-state index < -0.39 is 0 Å². The van der Waals surface area contributed by atoms with Gasteiger partial charge in [-0.3, -0.25) is 4.79 Å². The third-order valence-electron chi connectivity index (χ3n) is 4.01. The van der Waals surface area contributed by atoms with Crippen molar-refractivity contribution in [3.63, 3.8) is 0 Å². The molecule has 17 heavy (non-hydrogen) atoms. The van der Waals surface area contributed by atoms with Crippen molar-refractivity contribution >= 4 is 5.91 Å². The maximum Gasteiger partial charge on any atom is 0.219 e. The van der Waals surface area contributed by atoms with Gasteiger partial charge >= 0.3 is 0 Å². The van der Waals surface area contributed by atoms with Crippen LogP contribution in [0.25, 0.3) is 0 Å². The van der Waals surface area contributed by atoms with Gasteiger partial charge in [-0.25, -0.2) is 0 Å². The molecular weight excluding hydrogens is 214 g/mol. The van der Waals surface area contributed by atoms with E-state index in [9.17, 15) is 4.79 Å². The first-order chi connectivity index (χ1) is 8.15. The molecule has 0 aromatic rings. The molecule has 2 N–H and O–H groups in total. The first-order valence-electron chi connectivity index (χ1n) is 6.97. The lowest BCUT2D eigenvalue weighted by molar-refractivity contribution is -0.120. The average molecular weight is 241 g/mol. The van der Waals surface area contributed by atoms with Gasteiger partial charge in [-0.05, 0) is 49.9 Å². The molecule has 2 saturated carbocycles. The summed E-state index contributed by atoms with van der Waals surface area (Å²) in [5.74, 6) is 0.777. The molecule has 2 rings (SSSR count). The quantitative estimate of drug-likeness (QED) is 0.797. The van der Waals surface area contributed by atoms with E-state index in [4.69, 9.17) is 5.11 Å². The van der Waals surface area contributed by atoms with E-state index in [1.807, 2.05) is 6.92 Å². The zero-order valence-corrected chi connectivity index (χ0v) is 11.3. The number of hydrogen-bond acceptors (Lipinski definition) is 2. The largest absolute Gasteiger partial charge is 0.396 e. The highest BCUT2D eigenvalue weighted by atomic mass is 16.3. The van der Waals surface area contributed by atoms with Crippen LogP contribution in [0.15, 0.2) is 0 Å². The molecule has 2 aliphatic rings. The summed E-state index contributed by atoms with van der Waals surface area (Å²) in [6.07, 6.45) is 9.89. The number of nitrogens with one attached hydrogen (secondary N) is 1. The van der Waals surface area contributed by atoms with Crippen LogP contribution in [0.3, 0.4) is 0 Å². The summed E-state index contributed by atoms with van der Waals surface area (Å²) in [5, 5.41) is 11.5. The van der Waals surface area contributed by atoms with Gasteiger partial charge in [0.25, 0.3) is 0 Å². The molecule has 1 atom stereocenters. The Labute approximate surface area is 105 Å². The summed E-state index contributed by atoms with van der Waals surface area (Å²) in [4.78, 5) is 10.3. The molecule has 0 aliphatic heterocycles. The first-order valence-corrected chi connectivity index (χ1v) is 6.97. The van der Waals surface area contributed by atoms with Crippen LogP contribution in [0.4, 0.5) is 0 Å². The Morgan fingerprint density at radius 1 is 1.41 bits per heavy atom. The fourth-order valence-electron chi connectivity index (χ4n) is 2.72. The molecule has 3 heteroatoms. The van der Waals surface area contributed by atoms with Crippen molar-refractivity contribution in [2.45, 2.75) is 58.3 Å². The van der Waals surface area contributed by atoms with E-state index in [1.54, 1.807) is 7.05 Å². The van der Waals surface area contributed by atoms with Crippen LogP contribution >= 0.6 is 0 Å². The third kappa shape index (κ3) is 5.07. The van der Waals surface area contributed by atoms with Crippen molar-refractivity contribution < 1.29 is 9.90 Å². The van der Waals surface area contributed by atoms with Crippen molar-refractivity contribution in [3.8, 4) is 0 Å². The van der Waals surface area contributed by atoms with Gasteiger partial charge in [0, 0.05) is 20.1 Å². The number of amides is 1. The number of rotatable bonds is 3. The minimum absolute atomic E-state index is 0.127. The highest BCUT2D eigenvalue weighted by Gasteiger charge is 2.45. The van der Waals surface area contributed by atoms with Gasteiger partial charge in [-0.15, -0.1) is 0 Å². The maximum atomic E-state index is 10.3. The van der Waals surface area contributed by atoms with E-state index >= 15 is 0 Å². The highest BCUT2D eigenvalue weighted by molar-refractivity contribution is 5.75. The van der Waals surface area contributed by atoms with Crippen molar-refractivity contribution in [2.75, 3.05) is 13.7 Å². The lowest BCUT2D eigenvalue weighted by atomic mass is 9.79. The first kappa shape index (κ1) is 14.5. The van der Waals surface area contributed by atoms with Gasteiger partial charge in [0.2, 0.25) is 5.91 Å². The number of carbonyl (C=O) groups excluding carboxylic acids is 1. The second-order valence-electron chi connectivity index (χ2n) is 5.57. The topological polar surface area (TPSA) is 49.3 Å². The maximum absolute atomic E-state index is 10.3. The molecule has 1 amide bonds. The molecule has 2 fully saturated rings. The van der Waals surface area contributed by atoms with Crippen LogP contribution in [0.5, 0.6) is 0 Å². The molecule has 3 nitrogen and oxygen atoms in total. The van der Waals surface area contributed by atoms with Gasteiger partial charge in [0.1, 0.15) is 0 Å². The van der Waals surface area contributed by atoms with E-state index in [1.165, 1.54) is 38.5 Å². The van der Waals surface area contributed by atoms with Crippen molar-refractivity contribution in [2.24, 2.45) is 11.3 Å². The Morgan fingerprint density at radius 3 is 2.53 bits per heavy atom. The summed E-state index contributed by atoms with van der Waals surface area (Å²) < 4.78 is 0. The van der Waals surface area contributed by atoms with Crippen LogP contribution in [-0.4, -0.2) is 24.7 Å². The Balaban J connectivity index is 0.000000185. The number of carbonyl (C=O) groups is 1. The summed E-state index contributed by atoms with van der Waals surface area (Å²) >= 11 is 0. The number of aliphatic hydroxyl groups is 1. The molecule has 1 spiro atoms. The molecule has 0 aromatic heterocycles. The minimum Gasteiger partial charge on any atom is -0.396 e. The van der Waals surface area contributed by atoms with E-state index in [0.29, 0.717) is 18.9 Å². The van der Waals surface area contributed by atoms with E-state index in [0.717, 1.165) is 11.8 Å². The Morgan fingerprint density at radius 2 is 2.12 bits per heavy atom. The lowest BCUT2D eigenvalue weighted by Crippen LogP contribution is -2.18. The minimum atomic E-state index is 0.127.